The third-order valence-corrected chi connectivity index (χ3v) is 5.28. The van der Waals surface area contributed by atoms with E-state index < -0.39 is 6.17 Å². The molecule has 6 heteroatoms. The molecule has 0 amide bonds. The lowest BCUT2D eigenvalue weighted by molar-refractivity contribution is -0.119. The third-order valence-electron chi connectivity index (χ3n) is 5.02. The zero-order chi connectivity index (χ0) is 21.6. The molecule has 0 aliphatic carbocycles. The lowest BCUT2D eigenvalue weighted by atomic mass is 9.96. The summed E-state index contributed by atoms with van der Waals surface area (Å²) in [5.41, 5.74) is 4.13. The van der Waals surface area contributed by atoms with E-state index in [0.717, 1.165) is 22.4 Å². The number of hydrogen-bond donors (Lipinski definition) is 2. The molecule has 0 aromatic heterocycles. The van der Waals surface area contributed by atoms with Crippen LogP contribution >= 0.6 is 12.2 Å². The summed E-state index contributed by atoms with van der Waals surface area (Å²) in [4.78, 5) is 30.0. The number of nitrogens with zero attached hydrogens (tertiary/aromatic N) is 1. The molecular weight excluding hydrogens is 406 g/mol. The molecule has 31 heavy (non-hydrogen) atoms. The number of rotatable bonds is 5. The quantitative estimate of drug-likeness (QED) is 0.483. The molecule has 0 saturated carbocycles. The van der Waals surface area contributed by atoms with Gasteiger partial charge >= 0.3 is 0 Å². The highest BCUT2D eigenvalue weighted by Crippen LogP contribution is 2.21. The van der Waals surface area contributed by atoms with Crippen LogP contribution in [-0.4, -0.2) is 35.1 Å². The molecule has 154 valence electrons. The Morgan fingerprint density at radius 3 is 2.32 bits per heavy atom. The minimum absolute atomic E-state index is 0.0340. The second-order valence-electron chi connectivity index (χ2n) is 7.16. The maximum atomic E-state index is 12.9. The Morgan fingerprint density at radius 2 is 1.58 bits per heavy atom. The van der Waals surface area contributed by atoms with Crippen LogP contribution in [0.4, 0.5) is 0 Å². The highest BCUT2D eigenvalue weighted by Gasteiger charge is 2.26. The summed E-state index contributed by atoms with van der Waals surface area (Å²) in [6, 6.07) is 26.5. The molecular formula is C25H21N3O2S. The standard InChI is InChI=1S/C25H21N3O2S/c29-21-15-19-13-7-8-14-20(19)23(18-11-5-2-6-12-18)27-24(21)28-25(31)26-16-22(30)17-9-3-1-4-10-17/h1-14,24H,15-16H2,(H2,26,28,31). The molecule has 3 aromatic carbocycles. The fraction of sp³-hybridized carbons (Fsp3) is 0.120. The number of hydrogen-bond acceptors (Lipinski definition) is 4. The van der Waals surface area contributed by atoms with Gasteiger partial charge in [-0.15, -0.1) is 0 Å². The smallest absolute Gasteiger partial charge is 0.181 e. The predicted octanol–water partition coefficient (Wildman–Crippen LogP) is 3.32. The second kappa shape index (κ2) is 9.45. The number of thiocarbonyl (C=S) groups is 1. The molecule has 5 nitrogen and oxygen atoms in total. The van der Waals surface area contributed by atoms with Gasteiger partial charge in [0.25, 0.3) is 0 Å². The van der Waals surface area contributed by atoms with E-state index in [2.05, 4.69) is 10.6 Å². The van der Waals surface area contributed by atoms with Crippen molar-refractivity contribution in [2.75, 3.05) is 6.54 Å². The summed E-state index contributed by atoms with van der Waals surface area (Å²) in [5, 5.41) is 6.09. The zero-order valence-electron chi connectivity index (χ0n) is 16.7. The fourth-order valence-electron chi connectivity index (χ4n) is 3.46. The Labute approximate surface area is 186 Å². The molecule has 0 radical (unpaired) electrons. The predicted molar refractivity (Wildman–Crippen MR) is 126 cm³/mol. The molecule has 1 aliphatic rings. The summed E-state index contributed by atoms with van der Waals surface area (Å²) >= 11 is 5.35. The van der Waals surface area contributed by atoms with E-state index in [9.17, 15) is 9.59 Å². The minimum Gasteiger partial charge on any atom is -0.355 e. The largest absolute Gasteiger partial charge is 0.355 e. The molecule has 1 heterocycles. The van der Waals surface area contributed by atoms with Gasteiger partial charge in [-0.05, 0) is 17.8 Å². The van der Waals surface area contributed by atoms with Gasteiger partial charge in [-0.25, -0.2) is 0 Å². The number of carbonyl (C=O) groups is 2. The first-order valence-electron chi connectivity index (χ1n) is 9.98. The summed E-state index contributed by atoms with van der Waals surface area (Å²) < 4.78 is 0. The van der Waals surface area contributed by atoms with Gasteiger partial charge in [-0.3, -0.25) is 14.6 Å². The average molecular weight is 428 g/mol. The topological polar surface area (TPSA) is 70.6 Å². The van der Waals surface area contributed by atoms with Crippen molar-refractivity contribution in [3.63, 3.8) is 0 Å². The van der Waals surface area contributed by atoms with Crippen LogP contribution in [0, 0.1) is 0 Å². The van der Waals surface area contributed by atoms with Gasteiger partial charge in [0, 0.05) is 23.1 Å². The summed E-state index contributed by atoms with van der Waals surface area (Å²) in [5.74, 6) is -0.172. The molecule has 0 bridgehead atoms. The molecule has 2 N–H and O–H groups in total. The van der Waals surface area contributed by atoms with E-state index in [1.54, 1.807) is 12.1 Å². The van der Waals surface area contributed by atoms with Crippen LogP contribution in [0.25, 0.3) is 0 Å². The SMILES string of the molecule is O=C(CNC(=S)NC1N=C(c2ccccc2)c2ccccc2CC1=O)c1ccccc1. The van der Waals surface area contributed by atoms with E-state index in [0.29, 0.717) is 5.56 Å². The van der Waals surface area contributed by atoms with Crippen LogP contribution in [0.15, 0.2) is 89.9 Å². The number of benzene rings is 3. The van der Waals surface area contributed by atoms with Crippen molar-refractivity contribution in [1.29, 1.82) is 0 Å². The fourth-order valence-corrected chi connectivity index (χ4v) is 3.64. The average Bonchev–Trinajstić information content (AvgIpc) is 2.95. The molecule has 1 unspecified atom stereocenters. The molecule has 1 aliphatic heterocycles. The molecule has 1 atom stereocenters. The maximum Gasteiger partial charge on any atom is 0.181 e. The van der Waals surface area contributed by atoms with E-state index in [-0.39, 0.29) is 29.6 Å². The van der Waals surface area contributed by atoms with Gasteiger partial charge in [0.05, 0.1) is 12.3 Å². The molecule has 0 spiro atoms. The monoisotopic (exact) mass is 427 g/mol. The number of carbonyl (C=O) groups excluding carboxylic acids is 2. The van der Waals surface area contributed by atoms with Crippen molar-refractivity contribution in [3.05, 3.63) is 107 Å². The Kier molecular flexibility index (Phi) is 6.29. The van der Waals surface area contributed by atoms with Crippen LogP contribution in [0.5, 0.6) is 0 Å². The lowest BCUT2D eigenvalue weighted by Gasteiger charge is -2.16. The Bertz CT molecular complexity index is 1140. The number of aliphatic imine (C=N–C) groups is 1. The van der Waals surface area contributed by atoms with Gasteiger partial charge in [-0.1, -0.05) is 84.9 Å². The first-order valence-corrected chi connectivity index (χ1v) is 10.4. The second-order valence-corrected chi connectivity index (χ2v) is 7.57. The highest BCUT2D eigenvalue weighted by molar-refractivity contribution is 7.80. The van der Waals surface area contributed by atoms with Crippen LogP contribution in [0.1, 0.15) is 27.0 Å². The van der Waals surface area contributed by atoms with Gasteiger partial charge < -0.3 is 10.6 Å². The number of ketones is 2. The van der Waals surface area contributed by atoms with Crippen molar-refractivity contribution >= 4 is 34.6 Å². The van der Waals surface area contributed by atoms with Gasteiger partial charge in [0.1, 0.15) is 0 Å². The summed E-state index contributed by atoms with van der Waals surface area (Å²) in [7, 11) is 0. The van der Waals surface area contributed by atoms with Crippen molar-refractivity contribution in [2.45, 2.75) is 12.6 Å². The van der Waals surface area contributed by atoms with Crippen molar-refractivity contribution in [3.8, 4) is 0 Å². The first kappa shape index (κ1) is 20.6. The lowest BCUT2D eigenvalue weighted by Crippen LogP contribution is -2.46. The van der Waals surface area contributed by atoms with Gasteiger partial charge in [-0.2, -0.15) is 0 Å². The first-order chi connectivity index (χ1) is 15.1. The normalized spacial score (nSPS) is 15.3. The minimum atomic E-state index is -0.838. The van der Waals surface area contributed by atoms with Crippen molar-refractivity contribution in [1.82, 2.24) is 10.6 Å². The number of fused-ring (bicyclic) bond motifs is 1. The maximum absolute atomic E-state index is 12.9. The number of Topliss-reactive ketones (excluding diaryl/α,β-unsaturated/α-hetero) is 2. The van der Waals surface area contributed by atoms with Crippen LogP contribution < -0.4 is 10.6 Å². The van der Waals surface area contributed by atoms with Crippen LogP contribution in [-0.2, 0) is 11.2 Å². The summed E-state index contributed by atoms with van der Waals surface area (Å²) in [6.07, 6.45) is -0.589. The van der Waals surface area contributed by atoms with E-state index in [4.69, 9.17) is 17.2 Å². The Morgan fingerprint density at radius 1 is 0.935 bits per heavy atom. The summed E-state index contributed by atoms with van der Waals surface area (Å²) in [6.45, 7) is 0.0340. The Balaban J connectivity index is 1.53. The van der Waals surface area contributed by atoms with Crippen molar-refractivity contribution in [2.24, 2.45) is 4.99 Å². The van der Waals surface area contributed by atoms with Gasteiger partial charge in [0.2, 0.25) is 0 Å². The molecule has 0 saturated heterocycles. The number of nitrogens with one attached hydrogen (secondary N) is 2. The van der Waals surface area contributed by atoms with Crippen molar-refractivity contribution < 1.29 is 9.59 Å². The Hall–Kier alpha value is -3.64. The molecule has 4 rings (SSSR count). The molecule has 3 aromatic rings. The molecule has 0 fully saturated rings. The van der Waals surface area contributed by atoms with Crippen LogP contribution in [0.3, 0.4) is 0 Å². The zero-order valence-corrected chi connectivity index (χ0v) is 17.6. The van der Waals surface area contributed by atoms with E-state index in [1.165, 1.54) is 0 Å². The van der Waals surface area contributed by atoms with E-state index >= 15 is 0 Å². The van der Waals surface area contributed by atoms with Crippen LogP contribution in [0.2, 0.25) is 0 Å². The highest BCUT2D eigenvalue weighted by atomic mass is 32.1. The third kappa shape index (κ3) is 4.92. The van der Waals surface area contributed by atoms with Gasteiger partial charge in [0.15, 0.2) is 22.8 Å². The van der Waals surface area contributed by atoms with E-state index in [1.807, 2.05) is 72.8 Å².